The molecule has 0 saturated carbocycles. The largest absolute Gasteiger partial charge is 0.411 e. The molecule has 1 aromatic carbocycles. The fourth-order valence-corrected chi connectivity index (χ4v) is 2.40. The molecule has 1 aromatic heterocycles. The van der Waals surface area contributed by atoms with Gasteiger partial charge in [0.1, 0.15) is 11.6 Å². The molecule has 0 bridgehead atoms. The number of aromatic nitrogens is 2. The van der Waals surface area contributed by atoms with Crippen LogP contribution in [0.15, 0.2) is 45.2 Å². The molecule has 0 aliphatic carbocycles. The van der Waals surface area contributed by atoms with Crippen LogP contribution in [-0.4, -0.2) is 21.7 Å². The summed E-state index contributed by atoms with van der Waals surface area (Å²) in [5.74, 6) is 0.0644. The van der Waals surface area contributed by atoms with Crippen molar-refractivity contribution in [3.05, 3.63) is 41.1 Å². The number of benzene rings is 1. The smallest absolute Gasteiger partial charge is 0.277 e. The normalized spacial score (nSPS) is 11.7. The molecule has 0 spiro atoms. The molecular formula is C15H14N4O2S. The number of nitrogens with two attached hydrogens (primary N) is 1. The van der Waals surface area contributed by atoms with Gasteiger partial charge in [0, 0.05) is 11.3 Å². The number of nitriles is 1. The molecular weight excluding hydrogens is 300 g/mol. The molecule has 7 heteroatoms. The van der Waals surface area contributed by atoms with Gasteiger partial charge in [0.2, 0.25) is 5.89 Å². The summed E-state index contributed by atoms with van der Waals surface area (Å²) in [6, 6.07) is 9.45. The van der Waals surface area contributed by atoms with Crippen molar-refractivity contribution in [2.24, 2.45) is 5.73 Å². The Morgan fingerprint density at radius 2 is 2.14 bits per heavy atom. The number of thioether (sulfide) groups is 1. The van der Waals surface area contributed by atoms with Crippen LogP contribution in [0, 0.1) is 18.3 Å². The molecule has 2 rings (SSSR count). The third-order valence-corrected chi connectivity index (χ3v) is 3.71. The fraction of sp³-hybridized carbons (Fsp3) is 0.200. The van der Waals surface area contributed by atoms with E-state index in [0.29, 0.717) is 5.89 Å². The van der Waals surface area contributed by atoms with Gasteiger partial charge >= 0.3 is 0 Å². The van der Waals surface area contributed by atoms with E-state index in [4.69, 9.17) is 15.4 Å². The van der Waals surface area contributed by atoms with E-state index in [2.05, 4.69) is 10.2 Å². The minimum Gasteiger partial charge on any atom is -0.411 e. The van der Waals surface area contributed by atoms with Crippen LogP contribution in [0.3, 0.4) is 0 Å². The SMILES string of the molecule is C/C(N)=C(\C#N)C(=O)CSc1nnc(-c2ccccc2C)o1. The molecule has 6 nitrogen and oxygen atoms in total. The van der Waals surface area contributed by atoms with Crippen LogP contribution in [0.2, 0.25) is 0 Å². The van der Waals surface area contributed by atoms with Crippen LogP contribution >= 0.6 is 11.8 Å². The second-order valence-corrected chi connectivity index (χ2v) is 5.50. The molecule has 0 saturated heterocycles. The molecule has 0 amide bonds. The molecule has 1 heterocycles. The Labute approximate surface area is 132 Å². The van der Waals surface area contributed by atoms with Crippen molar-refractivity contribution >= 4 is 17.5 Å². The number of carbonyl (C=O) groups excluding carboxylic acids is 1. The van der Waals surface area contributed by atoms with Crippen molar-refractivity contribution < 1.29 is 9.21 Å². The number of carbonyl (C=O) groups is 1. The van der Waals surface area contributed by atoms with E-state index in [1.807, 2.05) is 31.2 Å². The average molecular weight is 314 g/mol. The standard InChI is InChI=1S/C15H14N4O2S/c1-9-5-3-4-6-11(9)14-18-19-15(21-14)22-8-13(20)12(7-16)10(2)17/h3-6H,8,17H2,1-2H3/b12-10-. The average Bonchev–Trinajstić information content (AvgIpc) is 2.94. The Morgan fingerprint density at radius 1 is 1.41 bits per heavy atom. The van der Waals surface area contributed by atoms with Crippen molar-refractivity contribution in [3.8, 4) is 17.5 Å². The third kappa shape index (κ3) is 3.54. The molecule has 0 aliphatic rings. The first-order chi connectivity index (χ1) is 10.5. The lowest BCUT2D eigenvalue weighted by molar-refractivity contribution is -0.112. The molecule has 0 unspecified atom stereocenters. The molecule has 0 fully saturated rings. The van der Waals surface area contributed by atoms with E-state index in [-0.39, 0.29) is 28.0 Å². The van der Waals surface area contributed by atoms with E-state index in [1.54, 1.807) is 6.07 Å². The third-order valence-electron chi connectivity index (χ3n) is 2.89. The molecule has 0 radical (unpaired) electrons. The zero-order valence-corrected chi connectivity index (χ0v) is 13.0. The number of rotatable bonds is 5. The maximum atomic E-state index is 11.8. The van der Waals surface area contributed by atoms with Crippen LogP contribution in [0.1, 0.15) is 12.5 Å². The summed E-state index contributed by atoms with van der Waals surface area (Å²) in [5.41, 5.74) is 7.53. The summed E-state index contributed by atoms with van der Waals surface area (Å²) in [7, 11) is 0. The van der Waals surface area contributed by atoms with E-state index in [0.717, 1.165) is 22.9 Å². The molecule has 112 valence electrons. The van der Waals surface area contributed by atoms with E-state index < -0.39 is 0 Å². The van der Waals surface area contributed by atoms with Gasteiger partial charge in [-0.05, 0) is 25.5 Å². The Balaban J connectivity index is 2.08. The Hall–Kier alpha value is -2.59. The van der Waals surface area contributed by atoms with Crippen LogP contribution in [-0.2, 0) is 4.79 Å². The van der Waals surface area contributed by atoms with Crippen LogP contribution < -0.4 is 5.73 Å². The van der Waals surface area contributed by atoms with Gasteiger partial charge in [0.15, 0.2) is 5.78 Å². The molecule has 0 atom stereocenters. The number of nitrogens with zero attached hydrogens (tertiary/aromatic N) is 3. The lowest BCUT2D eigenvalue weighted by atomic mass is 10.1. The van der Waals surface area contributed by atoms with Crippen LogP contribution in [0.4, 0.5) is 0 Å². The summed E-state index contributed by atoms with van der Waals surface area (Å²) in [6.45, 7) is 3.47. The number of aryl methyl sites for hydroxylation is 1. The Morgan fingerprint density at radius 3 is 2.77 bits per heavy atom. The minimum atomic E-state index is -0.358. The predicted octanol–water partition coefficient (Wildman–Crippen LogP) is 2.46. The molecule has 2 N–H and O–H groups in total. The summed E-state index contributed by atoms with van der Waals surface area (Å²) >= 11 is 1.08. The number of hydrogen-bond donors (Lipinski definition) is 1. The first-order valence-corrected chi connectivity index (χ1v) is 7.43. The first kappa shape index (κ1) is 15.8. The van der Waals surface area contributed by atoms with Crippen molar-refractivity contribution in [1.29, 1.82) is 5.26 Å². The van der Waals surface area contributed by atoms with Crippen molar-refractivity contribution in [2.75, 3.05) is 5.75 Å². The van der Waals surface area contributed by atoms with Crippen molar-refractivity contribution in [1.82, 2.24) is 10.2 Å². The highest BCUT2D eigenvalue weighted by Crippen LogP contribution is 2.25. The van der Waals surface area contributed by atoms with Gasteiger partial charge in [-0.3, -0.25) is 4.79 Å². The monoisotopic (exact) mass is 314 g/mol. The van der Waals surface area contributed by atoms with Crippen LogP contribution in [0.25, 0.3) is 11.5 Å². The van der Waals surface area contributed by atoms with Gasteiger partial charge in [0.05, 0.1) is 5.75 Å². The molecule has 2 aromatic rings. The topological polar surface area (TPSA) is 106 Å². The molecule has 0 aliphatic heterocycles. The molecule has 22 heavy (non-hydrogen) atoms. The van der Waals surface area contributed by atoms with Gasteiger partial charge in [-0.1, -0.05) is 30.0 Å². The van der Waals surface area contributed by atoms with Gasteiger partial charge < -0.3 is 10.2 Å². The summed E-state index contributed by atoms with van der Waals surface area (Å²) < 4.78 is 5.53. The maximum absolute atomic E-state index is 11.8. The zero-order chi connectivity index (χ0) is 16.1. The Kier molecular flexibility index (Phi) is 4.96. The van der Waals surface area contributed by atoms with E-state index >= 15 is 0 Å². The van der Waals surface area contributed by atoms with Gasteiger partial charge in [-0.15, -0.1) is 10.2 Å². The highest BCUT2D eigenvalue weighted by Gasteiger charge is 2.15. The highest BCUT2D eigenvalue weighted by molar-refractivity contribution is 7.99. The van der Waals surface area contributed by atoms with Crippen molar-refractivity contribution in [2.45, 2.75) is 19.1 Å². The first-order valence-electron chi connectivity index (χ1n) is 6.45. The predicted molar refractivity (Wildman–Crippen MR) is 82.7 cm³/mol. The zero-order valence-electron chi connectivity index (χ0n) is 12.2. The van der Waals surface area contributed by atoms with Gasteiger partial charge in [-0.2, -0.15) is 5.26 Å². The highest BCUT2D eigenvalue weighted by atomic mass is 32.2. The number of ketones is 1. The maximum Gasteiger partial charge on any atom is 0.277 e. The lowest BCUT2D eigenvalue weighted by Gasteiger charge is -1.99. The second-order valence-electron chi connectivity index (χ2n) is 4.57. The Bertz CT molecular complexity index is 770. The fourth-order valence-electron chi connectivity index (χ4n) is 1.76. The minimum absolute atomic E-state index is 0.0207. The quantitative estimate of drug-likeness (QED) is 0.513. The second kappa shape index (κ2) is 6.91. The van der Waals surface area contributed by atoms with E-state index in [9.17, 15) is 4.79 Å². The van der Waals surface area contributed by atoms with Gasteiger partial charge in [0.25, 0.3) is 5.22 Å². The number of hydrogen-bond acceptors (Lipinski definition) is 7. The number of allylic oxidation sites excluding steroid dienone is 2. The number of Topliss-reactive ketones (excluding diaryl/α,β-unsaturated/α-hetero) is 1. The summed E-state index contributed by atoms with van der Waals surface area (Å²) in [6.07, 6.45) is 0. The van der Waals surface area contributed by atoms with Crippen molar-refractivity contribution in [3.63, 3.8) is 0 Å². The summed E-state index contributed by atoms with van der Waals surface area (Å²) in [5, 5.41) is 17.0. The van der Waals surface area contributed by atoms with Gasteiger partial charge in [-0.25, -0.2) is 0 Å². The van der Waals surface area contributed by atoms with E-state index in [1.165, 1.54) is 6.92 Å². The summed E-state index contributed by atoms with van der Waals surface area (Å²) in [4.78, 5) is 11.8. The van der Waals surface area contributed by atoms with Crippen LogP contribution in [0.5, 0.6) is 0 Å². The lowest BCUT2D eigenvalue weighted by Crippen LogP contribution is -2.10.